The number of aromatic hydroxyl groups is 1. The molecular weight excluding hydrogens is 251 g/mol. The van der Waals surface area contributed by atoms with E-state index in [2.05, 4.69) is 27.8 Å². The summed E-state index contributed by atoms with van der Waals surface area (Å²) < 4.78 is 0. The molecule has 0 radical (unpaired) electrons. The van der Waals surface area contributed by atoms with Crippen LogP contribution in [0.25, 0.3) is 0 Å². The predicted octanol–water partition coefficient (Wildman–Crippen LogP) is 3.18. The van der Waals surface area contributed by atoms with Gasteiger partial charge in [-0.3, -0.25) is 0 Å². The Hall–Kier alpha value is -0.650. The second-order valence-electron chi connectivity index (χ2n) is 2.44. The van der Waals surface area contributed by atoms with Gasteiger partial charge in [-0.25, -0.2) is 0 Å². The summed E-state index contributed by atoms with van der Waals surface area (Å²) in [6.45, 7) is 0. The lowest BCUT2D eigenvalue weighted by atomic mass is 10.2. The molecular formula is C10H8BrClO. The van der Waals surface area contributed by atoms with Crippen LogP contribution >= 0.6 is 27.5 Å². The van der Waals surface area contributed by atoms with E-state index in [0.29, 0.717) is 5.02 Å². The number of halogens is 2. The fourth-order valence-corrected chi connectivity index (χ4v) is 1.29. The predicted molar refractivity (Wildman–Crippen MR) is 58.4 cm³/mol. The van der Waals surface area contributed by atoms with Gasteiger partial charge >= 0.3 is 0 Å². The number of hydrogen-bond donors (Lipinski definition) is 1. The average Bonchev–Trinajstić information content (AvgIpc) is 2.03. The van der Waals surface area contributed by atoms with Gasteiger partial charge < -0.3 is 5.11 Å². The minimum absolute atomic E-state index is 0.149. The van der Waals surface area contributed by atoms with Gasteiger partial charge in [0.1, 0.15) is 5.75 Å². The highest BCUT2D eigenvalue weighted by Crippen LogP contribution is 2.18. The third-order valence-corrected chi connectivity index (χ3v) is 1.95. The number of benzene rings is 1. The lowest BCUT2D eigenvalue weighted by Crippen LogP contribution is -1.75. The van der Waals surface area contributed by atoms with Gasteiger partial charge in [-0.1, -0.05) is 39.4 Å². The van der Waals surface area contributed by atoms with E-state index < -0.39 is 0 Å². The summed E-state index contributed by atoms with van der Waals surface area (Å²) in [5.74, 6) is 5.99. The molecule has 0 amide bonds. The molecule has 1 aromatic carbocycles. The Labute approximate surface area is 90.9 Å². The minimum atomic E-state index is 0.149. The highest BCUT2D eigenvalue weighted by molar-refractivity contribution is 9.09. The molecule has 0 aromatic heterocycles. The lowest BCUT2D eigenvalue weighted by Gasteiger charge is -1.94. The number of rotatable bonds is 1. The van der Waals surface area contributed by atoms with Crippen LogP contribution in [0.2, 0.25) is 5.02 Å². The first-order valence-electron chi connectivity index (χ1n) is 3.77. The Bertz CT molecular complexity index is 331. The Balaban J connectivity index is 2.85. The second-order valence-corrected chi connectivity index (χ2v) is 3.67. The van der Waals surface area contributed by atoms with Crippen molar-refractivity contribution in [2.24, 2.45) is 0 Å². The van der Waals surface area contributed by atoms with Crippen LogP contribution in [0.1, 0.15) is 12.0 Å². The molecule has 3 heteroatoms. The van der Waals surface area contributed by atoms with E-state index in [1.165, 1.54) is 6.07 Å². The third-order valence-electron chi connectivity index (χ3n) is 1.33. The standard InChI is InChI=1S/C10H8BrClO/c11-4-2-1-3-8-5-9(12)7-10(13)6-8/h5-7,13H,2,4H2. The van der Waals surface area contributed by atoms with Crippen LogP contribution in [0.5, 0.6) is 5.75 Å². The van der Waals surface area contributed by atoms with E-state index in [1.54, 1.807) is 12.1 Å². The number of alkyl halides is 1. The second kappa shape index (κ2) is 5.16. The fourth-order valence-electron chi connectivity index (χ4n) is 0.858. The Morgan fingerprint density at radius 1 is 1.38 bits per heavy atom. The van der Waals surface area contributed by atoms with Gasteiger partial charge in [0.2, 0.25) is 0 Å². The van der Waals surface area contributed by atoms with Gasteiger partial charge in [0, 0.05) is 22.3 Å². The van der Waals surface area contributed by atoms with Crippen LogP contribution < -0.4 is 0 Å². The van der Waals surface area contributed by atoms with Crippen molar-refractivity contribution in [2.75, 3.05) is 5.33 Å². The molecule has 13 heavy (non-hydrogen) atoms. The summed E-state index contributed by atoms with van der Waals surface area (Å²) in [4.78, 5) is 0. The van der Waals surface area contributed by atoms with Crippen molar-refractivity contribution >= 4 is 27.5 Å². The minimum Gasteiger partial charge on any atom is -0.508 e. The maximum absolute atomic E-state index is 9.19. The van der Waals surface area contributed by atoms with E-state index in [-0.39, 0.29) is 5.75 Å². The Morgan fingerprint density at radius 3 is 2.77 bits per heavy atom. The van der Waals surface area contributed by atoms with Gasteiger partial charge in [0.25, 0.3) is 0 Å². The summed E-state index contributed by atoms with van der Waals surface area (Å²) in [5.41, 5.74) is 0.742. The van der Waals surface area contributed by atoms with Crippen LogP contribution in [-0.2, 0) is 0 Å². The molecule has 0 spiro atoms. The van der Waals surface area contributed by atoms with Crippen LogP contribution in [0, 0.1) is 11.8 Å². The molecule has 0 atom stereocenters. The summed E-state index contributed by atoms with van der Waals surface area (Å²) in [7, 11) is 0. The van der Waals surface area contributed by atoms with Crippen molar-refractivity contribution in [3.8, 4) is 17.6 Å². The highest BCUT2D eigenvalue weighted by Gasteiger charge is 1.94. The zero-order chi connectivity index (χ0) is 9.68. The van der Waals surface area contributed by atoms with Crippen molar-refractivity contribution in [2.45, 2.75) is 6.42 Å². The SMILES string of the molecule is Oc1cc(Cl)cc(C#CCCBr)c1. The molecule has 1 aromatic rings. The third kappa shape index (κ3) is 3.71. The van der Waals surface area contributed by atoms with Crippen molar-refractivity contribution in [3.05, 3.63) is 28.8 Å². The zero-order valence-corrected chi connectivity index (χ0v) is 9.19. The molecule has 0 unspecified atom stereocenters. The molecule has 0 bridgehead atoms. The molecule has 0 heterocycles. The largest absolute Gasteiger partial charge is 0.508 e. The van der Waals surface area contributed by atoms with Crippen molar-refractivity contribution in [1.82, 2.24) is 0 Å². The number of hydrogen-bond acceptors (Lipinski definition) is 1. The molecule has 0 fully saturated rings. The van der Waals surface area contributed by atoms with Gasteiger partial charge in [-0.05, 0) is 18.2 Å². The topological polar surface area (TPSA) is 20.2 Å². The van der Waals surface area contributed by atoms with E-state index >= 15 is 0 Å². The van der Waals surface area contributed by atoms with Crippen LogP contribution in [0.4, 0.5) is 0 Å². The van der Waals surface area contributed by atoms with E-state index in [0.717, 1.165) is 17.3 Å². The first-order valence-corrected chi connectivity index (χ1v) is 5.26. The maximum Gasteiger partial charge on any atom is 0.118 e. The summed E-state index contributed by atoms with van der Waals surface area (Å²) >= 11 is 9.00. The molecule has 0 saturated heterocycles. The molecule has 1 N–H and O–H groups in total. The van der Waals surface area contributed by atoms with Crippen LogP contribution in [0.15, 0.2) is 18.2 Å². The molecule has 68 valence electrons. The molecule has 0 aliphatic carbocycles. The smallest absolute Gasteiger partial charge is 0.118 e. The first kappa shape index (κ1) is 10.4. The van der Waals surface area contributed by atoms with E-state index in [4.69, 9.17) is 11.6 Å². The van der Waals surface area contributed by atoms with Crippen molar-refractivity contribution < 1.29 is 5.11 Å². The summed E-state index contributed by atoms with van der Waals surface area (Å²) in [6, 6.07) is 4.80. The lowest BCUT2D eigenvalue weighted by molar-refractivity contribution is 0.475. The Kier molecular flexibility index (Phi) is 4.14. The van der Waals surface area contributed by atoms with Crippen LogP contribution in [0.3, 0.4) is 0 Å². The van der Waals surface area contributed by atoms with Gasteiger partial charge in [-0.15, -0.1) is 0 Å². The highest BCUT2D eigenvalue weighted by atomic mass is 79.9. The monoisotopic (exact) mass is 258 g/mol. The van der Waals surface area contributed by atoms with Crippen molar-refractivity contribution in [3.63, 3.8) is 0 Å². The van der Waals surface area contributed by atoms with E-state index in [9.17, 15) is 5.11 Å². The maximum atomic E-state index is 9.19. The number of phenols is 1. The van der Waals surface area contributed by atoms with E-state index in [1.807, 2.05) is 0 Å². The first-order chi connectivity index (χ1) is 6.22. The van der Waals surface area contributed by atoms with Gasteiger partial charge in [0.15, 0.2) is 0 Å². The number of phenolic OH excluding ortho intramolecular Hbond substituents is 1. The van der Waals surface area contributed by atoms with Crippen molar-refractivity contribution in [1.29, 1.82) is 0 Å². The normalized spacial score (nSPS) is 9.08. The summed E-state index contributed by atoms with van der Waals surface area (Å²) in [5, 5.41) is 10.5. The molecule has 1 nitrogen and oxygen atoms in total. The zero-order valence-electron chi connectivity index (χ0n) is 6.85. The quantitative estimate of drug-likeness (QED) is 0.607. The molecule has 0 saturated carbocycles. The molecule has 0 aliphatic heterocycles. The molecule has 1 rings (SSSR count). The van der Waals surface area contributed by atoms with Gasteiger partial charge in [0.05, 0.1) is 0 Å². The Morgan fingerprint density at radius 2 is 2.15 bits per heavy atom. The van der Waals surface area contributed by atoms with Crippen LogP contribution in [-0.4, -0.2) is 10.4 Å². The average molecular weight is 260 g/mol. The fraction of sp³-hybridized carbons (Fsp3) is 0.200. The van der Waals surface area contributed by atoms with Gasteiger partial charge in [-0.2, -0.15) is 0 Å². The summed E-state index contributed by atoms with van der Waals surface area (Å²) in [6.07, 6.45) is 0.785. The molecule has 0 aliphatic rings.